The van der Waals surface area contributed by atoms with Gasteiger partial charge in [0.05, 0.1) is 31.5 Å². The maximum Gasteiger partial charge on any atom is 0.243 e. The van der Waals surface area contributed by atoms with Gasteiger partial charge in [0.1, 0.15) is 17.3 Å². The van der Waals surface area contributed by atoms with Gasteiger partial charge in [0, 0.05) is 23.9 Å². The van der Waals surface area contributed by atoms with Gasteiger partial charge in [-0.2, -0.15) is 0 Å². The summed E-state index contributed by atoms with van der Waals surface area (Å²) in [5, 5.41) is 5.77. The molecule has 23 heavy (non-hydrogen) atoms. The minimum Gasteiger partial charge on any atom is -0.497 e. The van der Waals surface area contributed by atoms with Crippen LogP contribution in [0.25, 0.3) is 0 Å². The van der Waals surface area contributed by atoms with Crippen molar-refractivity contribution in [2.75, 3.05) is 31.4 Å². The van der Waals surface area contributed by atoms with Gasteiger partial charge >= 0.3 is 0 Å². The summed E-state index contributed by atoms with van der Waals surface area (Å²) in [6.45, 7) is -0.0229. The molecule has 0 heterocycles. The number of hydrogen-bond acceptors (Lipinski definition) is 4. The molecule has 0 unspecified atom stereocenters. The maximum atomic E-state index is 13.0. The molecule has 7 heteroatoms. The van der Waals surface area contributed by atoms with Gasteiger partial charge in [-0.05, 0) is 18.2 Å². The third-order valence-corrected chi connectivity index (χ3v) is 3.32. The normalized spacial score (nSPS) is 10.1. The number of amides is 1. The Labute approximate surface area is 138 Å². The summed E-state index contributed by atoms with van der Waals surface area (Å²) in [5.74, 6) is 0.401. The summed E-state index contributed by atoms with van der Waals surface area (Å²) in [6, 6.07) is 8.95. The van der Waals surface area contributed by atoms with Gasteiger partial charge in [0.2, 0.25) is 5.91 Å². The monoisotopic (exact) mass is 338 g/mol. The van der Waals surface area contributed by atoms with Gasteiger partial charge in [-0.15, -0.1) is 0 Å². The van der Waals surface area contributed by atoms with E-state index in [0.29, 0.717) is 22.9 Å². The van der Waals surface area contributed by atoms with E-state index < -0.39 is 5.82 Å². The Morgan fingerprint density at radius 1 is 1.13 bits per heavy atom. The molecule has 0 atom stereocenters. The number of benzene rings is 2. The average molecular weight is 339 g/mol. The van der Waals surface area contributed by atoms with E-state index in [0.717, 1.165) is 0 Å². The molecule has 0 aliphatic heterocycles. The number of hydrogen-bond donors (Lipinski definition) is 2. The van der Waals surface area contributed by atoms with E-state index in [1.807, 2.05) is 0 Å². The van der Waals surface area contributed by atoms with Crippen LogP contribution in [0.2, 0.25) is 5.02 Å². The van der Waals surface area contributed by atoms with Crippen molar-refractivity contribution in [1.29, 1.82) is 0 Å². The molecule has 0 aliphatic rings. The SMILES string of the molecule is COc1cc(NC(=O)CNc2ccc(F)cc2Cl)cc(OC)c1. The van der Waals surface area contributed by atoms with Gasteiger partial charge < -0.3 is 20.1 Å². The second-order valence-corrected chi connectivity index (χ2v) is 5.03. The first-order chi connectivity index (χ1) is 11.0. The Bertz CT molecular complexity index is 687. The van der Waals surface area contributed by atoms with Crippen molar-refractivity contribution in [2.45, 2.75) is 0 Å². The molecule has 2 aromatic rings. The highest BCUT2D eigenvalue weighted by Crippen LogP contribution is 2.26. The van der Waals surface area contributed by atoms with Crippen molar-refractivity contribution < 1.29 is 18.7 Å². The van der Waals surface area contributed by atoms with Crippen LogP contribution < -0.4 is 20.1 Å². The van der Waals surface area contributed by atoms with Crippen LogP contribution in [-0.4, -0.2) is 26.7 Å². The zero-order valence-electron chi connectivity index (χ0n) is 12.7. The average Bonchev–Trinajstić information content (AvgIpc) is 2.53. The van der Waals surface area contributed by atoms with Gasteiger partial charge in [0.25, 0.3) is 0 Å². The lowest BCUT2D eigenvalue weighted by molar-refractivity contribution is -0.114. The highest BCUT2D eigenvalue weighted by molar-refractivity contribution is 6.33. The Morgan fingerprint density at radius 3 is 2.35 bits per heavy atom. The van der Waals surface area contributed by atoms with Gasteiger partial charge in [-0.25, -0.2) is 4.39 Å². The van der Waals surface area contributed by atoms with Crippen molar-refractivity contribution in [1.82, 2.24) is 0 Å². The molecule has 1 amide bonds. The standard InChI is InChI=1S/C16H16ClFN2O3/c1-22-12-6-11(7-13(8-12)23-2)20-16(21)9-19-15-4-3-10(18)5-14(15)17/h3-8,19H,9H2,1-2H3,(H,20,21). The van der Waals surface area contributed by atoms with Crippen LogP contribution in [-0.2, 0) is 4.79 Å². The van der Waals surface area contributed by atoms with E-state index in [1.54, 1.807) is 18.2 Å². The van der Waals surface area contributed by atoms with E-state index in [-0.39, 0.29) is 17.5 Å². The lowest BCUT2D eigenvalue weighted by Gasteiger charge is -2.11. The molecule has 0 radical (unpaired) electrons. The number of halogens is 2. The van der Waals surface area contributed by atoms with Crippen LogP contribution in [0.1, 0.15) is 0 Å². The topological polar surface area (TPSA) is 59.6 Å². The van der Waals surface area contributed by atoms with Crippen LogP contribution in [0, 0.1) is 5.82 Å². The fourth-order valence-corrected chi connectivity index (χ4v) is 2.13. The van der Waals surface area contributed by atoms with Crippen molar-refractivity contribution in [3.63, 3.8) is 0 Å². The number of anilines is 2. The zero-order valence-corrected chi connectivity index (χ0v) is 13.4. The Hall–Kier alpha value is -2.47. The molecule has 0 aliphatic carbocycles. The Morgan fingerprint density at radius 2 is 1.78 bits per heavy atom. The van der Waals surface area contributed by atoms with Crippen molar-refractivity contribution in [2.24, 2.45) is 0 Å². The van der Waals surface area contributed by atoms with E-state index in [1.165, 1.54) is 32.4 Å². The molecule has 2 rings (SSSR count). The minimum absolute atomic E-state index is 0.0229. The maximum absolute atomic E-state index is 13.0. The van der Waals surface area contributed by atoms with E-state index in [2.05, 4.69) is 10.6 Å². The van der Waals surface area contributed by atoms with E-state index in [4.69, 9.17) is 21.1 Å². The smallest absolute Gasteiger partial charge is 0.243 e. The second kappa shape index (κ2) is 7.69. The molecule has 5 nitrogen and oxygen atoms in total. The van der Waals surface area contributed by atoms with E-state index in [9.17, 15) is 9.18 Å². The lowest BCUT2D eigenvalue weighted by Crippen LogP contribution is -2.21. The number of methoxy groups -OCH3 is 2. The van der Waals surface area contributed by atoms with Gasteiger partial charge in [0.15, 0.2) is 0 Å². The fraction of sp³-hybridized carbons (Fsp3) is 0.188. The lowest BCUT2D eigenvalue weighted by atomic mass is 10.2. The van der Waals surface area contributed by atoms with Crippen molar-refractivity contribution in [3.05, 3.63) is 47.2 Å². The summed E-state index contributed by atoms with van der Waals surface area (Å²) < 4.78 is 23.2. The third-order valence-electron chi connectivity index (χ3n) is 3.01. The second-order valence-electron chi connectivity index (χ2n) is 4.63. The molecule has 0 saturated carbocycles. The van der Waals surface area contributed by atoms with Crippen molar-refractivity contribution >= 4 is 28.9 Å². The molecule has 0 fully saturated rings. The predicted octanol–water partition coefficient (Wildman–Crippen LogP) is 3.55. The quantitative estimate of drug-likeness (QED) is 0.845. The Balaban J connectivity index is 1.99. The summed E-state index contributed by atoms with van der Waals surface area (Å²) >= 11 is 5.89. The number of nitrogens with one attached hydrogen (secondary N) is 2. The number of ether oxygens (including phenoxy) is 2. The fourth-order valence-electron chi connectivity index (χ4n) is 1.89. The van der Waals surface area contributed by atoms with Crippen LogP contribution in [0.3, 0.4) is 0 Å². The molecule has 2 N–H and O–H groups in total. The van der Waals surface area contributed by atoms with Gasteiger partial charge in [-0.3, -0.25) is 4.79 Å². The highest BCUT2D eigenvalue weighted by Gasteiger charge is 2.08. The van der Waals surface area contributed by atoms with Crippen LogP contribution in [0.15, 0.2) is 36.4 Å². The first-order valence-corrected chi connectivity index (χ1v) is 7.11. The van der Waals surface area contributed by atoms with Crippen molar-refractivity contribution in [3.8, 4) is 11.5 Å². The predicted molar refractivity (Wildman–Crippen MR) is 88.1 cm³/mol. The zero-order chi connectivity index (χ0) is 16.8. The highest BCUT2D eigenvalue weighted by atomic mass is 35.5. The van der Waals surface area contributed by atoms with Crippen LogP contribution >= 0.6 is 11.6 Å². The summed E-state index contributed by atoms with van der Waals surface area (Å²) in [6.07, 6.45) is 0. The van der Waals surface area contributed by atoms with E-state index >= 15 is 0 Å². The third kappa shape index (κ3) is 4.75. The number of carbonyl (C=O) groups is 1. The van der Waals surface area contributed by atoms with Gasteiger partial charge in [-0.1, -0.05) is 11.6 Å². The molecular weight excluding hydrogens is 323 g/mol. The van der Waals surface area contributed by atoms with Crippen LogP contribution in [0.5, 0.6) is 11.5 Å². The molecule has 0 spiro atoms. The summed E-state index contributed by atoms with van der Waals surface area (Å²) in [4.78, 5) is 12.0. The van der Waals surface area contributed by atoms with Crippen LogP contribution in [0.4, 0.5) is 15.8 Å². The largest absolute Gasteiger partial charge is 0.497 e. The molecule has 0 bridgehead atoms. The first-order valence-electron chi connectivity index (χ1n) is 6.73. The molecule has 0 saturated heterocycles. The number of carbonyl (C=O) groups excluding carboxylic acids is 1. The molecule has 122 valence electrons. The Kier molecular flexibility index (Phi) is 5.65. The summed E-state index contributed by atoms with van der Waals surface area (Å²) in [5.41, 5.74) is 1.02. The number of rotatable bonds is 6. The first kappa shape index (κ1) is 16.9. The minimum atomic E-state index is -0.437. The summed E-state index contributed by atoms with van der Waals surface area (Å²) in [7, 11) is 3.05. The molecular formula is C16H16ClFN2O3. The molecule has 0 aromatic heterocycles. The molecule has 2 aromatic carbocycles.